The Morgan fingerprint density at radius 3 is 2.31 bits per heavy atom. The number of halogens is 1. The van der Waals surface area contributed by atoms with E-state index in [-0.39, 0.29) is 28.1 Å². The number of carbonyl (C=O) groups is 2. The number of ether oxygens (including phenoxy) is 2. The molecule has 0 heterocycles. The van der Waals surface area contributed by atoms with Crippen LogP contribution in [0.4, 0.5) is 5.69 Å². The predicted octanol–water partition coefficient (Wildman–Crippen LogP) is 4.11. The summed E-state index contributed by atoms with van der Waals surface area (Å²) >= 11 is 6.32. The van der Waals surface area contributed by atoms with E-state index < -0.39 is 28.5 Å². The second-order valence-corrected chi connectivity index (χ2v) is 10.9. The van der Waals surface area contributed by atoms with Crippen LogP contribution in [-0.2, 0) is 26.2 Å². The van der Waals surface area contributed by atoms with Crippen LogP contribution >= 0.6 is 11.6 Å². The number of rotatable bonds is 12. The van der Waals surface area contributed by atoms with Gasteiger partial charge in [0.25, 0.3) is 10.0 Å². The molecular weight excluding hydrogens is 542 g/mol. The Morgan fingerprint density at radius 2 is 1.69 bits per heavy atom. The topological polar surface area (TPSA) is 105 Å². The Morgan fingerprint density at radius 1 is 0.974 bits per heavy atom. The van der Waals surface area contributed by atoms with Gasteiger partial charge in [0.1, 0.15) is 24.1 Å². The third-order valence-corrected chi connectivity index (χ3v) is 8.12. The number of likely N-dealkylation sites (N-methyl/N-ethyl adjacent to an activating group) is 1. The second kappa shape index (κ2) is 13.3. The van der Waals surface area contributed by atoms with Gasteiger partial charge in [-0.25, -0.2) is 8.42 Å². The summed E-state index contributed by atoms with van der Waals surface area (Å²) in [6, 6.07) is 18.5. The number of carbonyl (C=O) groups excluding carboxylic acids is 2. The SMILES string of the molecule is CCNC(=O)[C@@H](C)N(Cc1cccc(OC)c1)C(=O)CN(c1ccc(OC)c(Cl)c1)S(=O)(=O)c1ccccc1. The lowest BCUT2D eigenvalue weighted by Crippen LogP contribution is -2.51. The minimum atomic E-state index is -4.19. The fourth-order valence-corrected chi connectivity index (χ4v) is 5.61. The van der Waals surface area contributed by atoms with Crippen molar-refractivity contribution in [2.75, 3.05) is 31.6 Å². The summed E-state index contributed by atoms with van der Waals surface area (Å²) in [5, 5.41) is 2.91. The summed E-state index contributed by atoms with van der Waals surface area (Å²) in [6.07, 6.45) is 0. The summed E-state index contributed by atoms with van der Waals surface area (Å²) in [6.45, 7) is 3.23. The molecule has 9 nitrogen and oxygen atoms in total. The van der Waals surface area contributed by atoms with Crippen LogP contribution in [0.2, 0.25) is 5.02 Å². The molecule has 208 valence electrons. The molecule has 39 heavy (non-hydrogen) atoms. The molecule has 1 atom stereocenters. The summed E-state index contributed by atoms with van der Waals surface area (Å²) in [5.74, 6) is 0.00163. The Labute approximate surface area is 234 Å². The van der Waals surface area contributed by atoms with Gasteiger partial charge in [-0.05, 0) is 61.9 Å². The first-order valence-corrected chi connectivity index (χ1v) is 14.1. The summed E-state index contributed by atoms with van der Waals surface area (Å²) < 4.78 is 39.1. The van der Waals surface area contributed by atoms with Gasteiger partial charge in [0.15, 0.2) is 0 Å². The maximum absolute atomic E-state index is 13.9. The lowest BCUT2D eigenvalue weighted by atomic mass is 10.1. The summed E-state index contributed by atoms with van der Waals surface area (Å²) in [4.78, 5) is 28.0. The average molecular weight is 574 g/mol. The van der Waals surface area contributed by atoms with Gasteiger partial charge in [-0.3, -0.25) is 13.9 Å². The first-order chi connectivity index (χ1) is 18.6. The minimum absolute atomic E-state index is 0.000797. The summed E-state index contributed by atoms with van der Waals surface area (Å²) in [5.41, 5.74) is 0.883. The third-order valence-electron chi connectivity index (χ3n) is 6.04. The zero-order valence-corrected chi connectivity index (χ0v) is 23.8. The number of hydrogen-bond acceptors (Lipinski definition) is 6. The van der Waals surface area contributed by atoms with Crippen LogP contribution < -0.4 is 19.1 Å². The van der Waals surface area contributed by atoms with Crippen LogP contribution in [0.5, 0.6) is 11.5 Å². The number of nitrogens with zero attached hydrogens (tertiary/aromatic N) is 2. The Bertz CT molecular complexity index is 1400. The number of anilines is 1. The van der Waals surface area contributed by atoms with E-state index in [9.17, 15) is 18.0 Å². The van der Waals surface area contributed by atoms with Gasteiger partial charge >= 0.3 is 0 Å². The van der Waals surface area contributed by atoms with Crippen molar-refractivity contribution in [1.82, 2.24) is 10.2 Å². The zero-order chi connectivity index (χ0) is 28.6. The largest absolute Gasteiger partial charge is 0.497 e. The maximum Gasteiger partial charge on any atom is 0.264 e. The molecule has 0 unspecified atom stereocenters. The van der Waals surface area contributed by atoms with Crippen molar-refractivity contribution in [3.8, 4) is 11.5 Å². The molecule has 0 saturated heterocycles. The highest BCUT2D eigenvalue weighted by Crippen LogP contribution is 2.32. The first kappa shape index (κ1) is 29.8. The van der Waals surface area contributed by atoms with Crippen LogP contribution in [0.15, 0.2) is 77.7 Å². The summed E-state index contributed by atoms with van der Waals surface area (Å²) in [7, 11) is -1.21. The second-order valence-electron chi connectivity index (χ2n) is 8.59. The number of amides is 2. The molecule has 3 aromatic rings. The molecule has 0 aliphatic rings. The number of nitrogens with one attached hydrogen (secondary N) is 1. The molecule has 0 aliphatic heterocycles. The number of sulfonamides is 1. The molecule has 2 amide bonds. The van der Waals surface area contributed by atoms with Crippen LogP contribution in [0.1, 0.15) is 19.4 Å². The van der Waals surface area contributed by atoms with Crippen molar-refractivity contribution < 1.29 is 27.5 Å². The molecule has 1 N–H and O–H groups in total. The van der Waals surface area contributed by atoms with Crippen LogP contribution in [0.25, 0.3) is 0 Å². The predicted molar refractivity (Wildman–Crippen MR) is 151 cm³/mol. The van der Waals surface area contributed by atoms with E-state index in [0.717, 1.165) is 4.31 Å². The Balaban J connectivity index is 2.06. The normalized spacial score (nSPS) is 11.8. The van der Waals surface area contributed by atoms with Gasteiger partial charge in [-0.2, -0.15) is 0 Å². The first-order valence-electron chi connectivity index (χ1n) is 12.2. The molecule has 0 aromatic heterocycles. The minimum Gasteiger partial charge on any atom is -0.497 e. The van der Waals surface area contributed by atoms with E-state index in [0.29, 0.717) is 23.6 Å². The molecule has 3 aromatic carbocycles. The lowest BCUT2D eigenvalue weighted by Gasteiger charge is -2.32. The quantitative estimate of drug-likeness (QED) is 0.350. The molecule has 0 bridgehead atoms. The number of hydrogen-bond donors (Lipinski definition) is 1. The monoisotopic (exact) mass is 573 g/mol. The van der Waals surface area contributed by atoms with E-state index in [2.05, 4.69) is 5.32 Å². The van der Waals surface area contributed by atoms with Gasteiger partial charge in [-0.1, -0.05) is 41.9 Å². The lowest BCUT2D eigenvalue weighted by molar-refractivity contribution is -0.139. The number of methoxy groups -OCH3 is 2. The van der Waals surface area contributed by atoms with Gasteiger partial charge in [-0.15, -0.1) is 0 Å². The maximum atomic E-state index is 13.9. The van der Waals surface area contributed by atoms with E-state index in [1.807, 2.05) is 0 Å². The van der Waals surface area contributed by atoms with Crippen molar-refractivity contribution >= 4 is 39.1 Å². The number of benzene rings is 3. The molecule has 0 aliphatic carbocycles. The van der Waals surface area contributed by atoms with E-state index >= 15 is 0 Å². The van der Waals surface area contributed by atoms with Crippen molar-refractivity contribution in [3.05, 3.63) is 83.4 Å². The van der Waals surface area contributed by atoms with Crippen LogP contribution in [-0.4, -0.2) is 58.5 Å². The zero-order valence-electron chi connectivity index (χ0n) is 22.3. The smallest absolute Gasteiger partial charge is 0.264 e. The van der Waals surface area contributed by atoms with E-state index in [1.165, 1.54) is 49.5 Å². The molecule has 0 radical (unpaired) electrons. The fourth-order valence-electron chi connectivity index (χ4n) is 3.93. The van der Waals surface area contributed by atoms with Gasteiger partial charge in [0.05, 0.1) is 29.8 Å². The molecule has 0 saturated carbocycles. The van der Waals surface area contributed by atoms with Gasteiger partial charge in [0, 0.05) is 13.1 Å². The molecule has 3 rings (SSSR count). The third kappa shape index (κ3) is 7.21. The Kier molecular flexibility index (Phi) is 10.2. The molecule has 0 fully saturated rings. The van der Waals surface area contributed by atoms with Crippen molar-refractivity contribution in [1.29, 1.82) is 0 Å². The van der Waals surface area contributed by atoms with E-state index in [1.54, 1.807) is 56.3 Å². The highest BCUT2D eigenvalue weighted by molar-refractivity contribution is 7.92. The molecule has 11 heteroatoms. The molecule has 0 spiro atoms. The van der Waals surface area contributed by atoms with E-state index in [4.69, 9.17) is 21.1 Å². The Hall–Kier alpha value is -3.76. The van der Waals surface area contributed by atoms with Gasteiger partial charge in [0.2, 0.25) is 11.8 Å². The average Bonchev–Trinajstić information content (AvgIpc) is 2.94. The van der Waals surface area contributed by atoms with Crippen molar-refractivity contribution in [3.63, 3.8) is 0 Å². The standard InChI is InChI=1S/C28H32ClN3O6S/c1-5-30-28(34)20(2)31(18-21-10-9-11-23(16-21)37-3)27(33)19-32(22-14-15-26(38-4)25(29)17-22)39(35,36)24-12-7-6-8-13-24/h6-17,20H,5,18-19H2,1-4H3,(H,30,34)/t20-/m1/s1. The highest BCUT2D eigenvalue weighted by Gasteiger charge is 2.32. The van der Waals surface area contributed by atoms with Crippen LogP contribution in [0.3, 0.4) is 0 Å². The van der Waals surface area contributed by atoms with Crippen molar-refractivity contribution in [2.45, 2.75) is 31.3 Å². The van der Waals surface area contributed by atoms with Gasteiger partial charge < -0.3 is 19.7 Å². The fraction of sp³-hybridized carbons (Fsp3) is 0.286. The highest BCUT2D eigenvalue weighted by atomic mass is 35.5. The van der Waals surface area contributed by atoms with Crippen LogP contribution in [0, 0.1) is 0 Å². The van der Waals surface area contributed by atoms with Crippen molar-refractivity contribution in [2.24, 2.45) is 0 Å². The molecular formula is C28H32ClN3O6S.